The number of aromatic nitrogens is 1. The number of hydrogen-bond acceptors (Lipinski definition) is 3. The van der Waals surface area contributed by atoms with Gasteiger partial charge in [-0.2, -0.15) is 8.78 Å². The Morgan fingerprint density at radius 3 is 2.50 bits per heavy atom. The van der Waals surface area contributed by atoms with Crippen molar-refractivity contribution in [2.45, 2.75) is 26.6 Å². The number of ether oxygens (including phenoxy) is 1. The van der Waals surface area contributed by atoms with Crippen molar-refractivity contribution >= 4 is 0 Å². The molecule has 0 bridgehead atoms. The summed E-state index contributed by atoms with van der Waals surface area (Å²) in [5.74, 6) is -0.137. The summed E-state index contributed by atoms with van der Waals surface area (Å²) in [7, 11) is 0. The van der Waals surface area contributed by atoms with Crippen LogP contribution in [0.15, 0.2) is 12.1 Å². The van der Waals surface area contributed by atoms with E-state index in [2.05, 4.69) is 9.72 Å². The van der Waals surface area contributed by atoms with Gasteiger partial charge < -0.3 is 9.84 Å². The molecule has 0 radical (unpaired) electrons. The Kier molecular flexibility index (Phi) is 3.35. The van der Waals surface area contributed by atoms with Crippen LogP contribution in [-0.4, -0.2) is 16.7 Å². The maximum Gasteiger partial charge on any atom is 0.388 e. The van der Waals surface area contributed by atoms with Crippen LogP contribution in [0.3, 0.4) is 0 Å². The number of halogens is 2. The predicted molar refractivity (Wildman–Crippen MR) is 46.2 cm³/mol. The first-order chi connectivity index (χ1) is 6.50. The molecule has 0 aliphatic carbocycles. The van der Waals surface area contributed by atoms with Crippen LogP contribution in [0, 0.1) is 6.92 Å². The van der Waals surface area contributed by atoms with Crippen molar-refractivity contribution in [3.05, 3.63) is 23.4 Å². The third-order valence-corrected chi connectivity index (χ3v) is 1.76. The Morgan fingerprint density at radius 1 is 1.43 bits per heavy atom. The second-order valence-corrected chi connectivity index (χ2v) is 2.88. The molecule has 3 nitrogen and oxygen atoms in total. The first kappa shape index (κ1) is 10.8. The lowest BCUT2D eigenvalue weighted by atomic mass is 10.1. The number of hydrogen-bond donors (Lipinski definition) is 1. The third-order valence-electron chi connectivity index (χ3n) is 1.76. The molecule has 1 N–H and O–H groups in total. The molecule has 1 atom stereocenters. The molecule has 14 heavy (non-hydrogen) atoms. The molecule has 1 aromatic heterocycles. The Morgan fingerprint density at radius 2 is 2.07 bits per heavy atom. The van der Waals surface area contributed by atoms with Gasteiger partial charge in [-0.25, -0.2) is 4.98 Å². The van der Waals surface area contributed by atoms with Gasteiger partial charge in [0, 0.05) is 17.3 Å². The number of alkyl halides is 2. The fourth-order valence-corrected chi connectivity index (χ4v) is 1.15. The summed E-state index contributed by atoms with van der Waals surface area (Å²) in [6.07, 6.45) is -0.664. The molecule has 0 saturated carbocycles. The Hall–Kier alpha value is -1.23. The molecule has 1 aromatic rings. The van der Waals surface area contributed by atoms with Crippen molar-refractivity contribution in [2.75, 3.05) is 0 Å². The van der Waals surface area contributed by atoms with E-state index in [1.807, 2.05) is 0 Å². The van der Waals surface area contributed by atoms with Crippen molar-refractivity contribution in [3.63, 3.8) is 0 Å². The summed E-state index contributed by atoms with van der Waals surface area (Å²) in [4.78, 5) is 3.77. The third kappa shape index (κ3) is 2.63. The van der Waals surface area contributed by atoms with Crippen molar-refractivity contribution in [1.82, 2.24) is 4.98 Å². The highest BCUT2D eigenvalue weighted by Crippen LogP contribution is 2.19. The number of pyridine rings is 1. The highest BCUT2D eigenvalue weighted by molar-refractivity contribution is 5.26. The van der Waals surface area contributed by atoms with Gasteiger partial charge in [-0.15, -0.1) is 0 Å². The van der Waals surface area contributed by atoms with Crippen LogP contribution in [0.4, 0.5) is 8.78 Å². The standard InChI is InChI=1S/C9H11F2NO2/c1-5-7(6(2)13)3-4-8(12-5)14-9(10)11/h3-4,6,9,13H,1-2H3. The summed E-state index contributed by atoms with van der Waals surface area (Å²) >= 11 is 0. The maximum absolute atomic E-state index is 11.8. The van der Waals surface area contributed by atoms with Crippen LogP contribution in [-0.2, 0) is 0 Å². The largest absolute Gasteiger partial charge is 0.417 e. The second-order valence-electron chi connectivity index (χ2n) is 2.88. The molecular weight excluding hydrogens is 192 g/mol. The zero-order valence-electron chi connectivity index (χ0n) is 7.87. The SMILES string of the molecule is Cc1nc(OC(F)F)ccc1C(C)O. The quantitative estimate of drug-likeness (QED) is 0.817. The van der Waals surface area contributed by atoms with Crippen LogP contribution in [0.5, 0.6) is 5.88 Å². The van der Waals surface area contributed by atoms with E-state index in [0.717, 1.165) is 0 Å². The van der Waals surface area contributed by atoms with Crippen molar-refractivity contribution in [3.8, 4) is 5.88 Å². The first-order valence-corrected chi connectivity index (χ1v) is 4.11. The zero-order valence-corrected chi connectivity index (χ0v) is 7.87. The van der Waals surface area contributed by atoms with Gasteiger partial charge in [-0.1, -0.05) is 0 Å². The summed E-state index contributed by atoms with van der Waals surface area (Å²) in [6.45, 7) is 0.331. The van der Waals surface area contributed by atoms with Gasteiger partial charge in [-0.05, 0) is 19.9 Å². The lowest BCUT2D eigenvalue weighted by Gasteiger charge is -2.09. The van der Waals surface area contributed by atoms with Crippen molar-refractivity contribution in [1.29, 1.82) is 0 Å². The molecule has 5 heteroatoms. The lowest BCUT2D eigenvalue weighted by Crippen LogP contribution is -2.05. The average Bonchev–Trinajstić information content (AvgIpc) is 2.01. The Balaban J connectivity index is 2.89. The molecule has 0 aliphatic heterocycles. The van der Waals surface area contributed by atoms with E-state index in [-0.39, 0.29) is 5.88 Å². The molecule has 78 valence electrons. The van der Waals surface area contributed by atoms with Gasteiger partial charge in [0.2, 0.25) is 5.88 Å². The molecule has 0 spiro atoms. The number of aliphatic hydroxyl groups excluding tert-OH is 1. The molecule has 1 unspecified atom stereocenters. The van der Waals surface area contributed by atoms with Gasteiger partial charge in [0.05, 0.1) is 6.10 Å². The van der Waals surface area contributed by atoms with E-state index in [4.69, 9.17) is 0 Å². The van der Waals surface area contributed by atoms with Gasteiger partial charge >= 0.3 is 6.61 Å². The predicted octanol–water partition coefficient (Wildman–Crippen LogP) is 2.04. The van der Waals surface area contributed by atoms with E-state index in [9.17, 15) is 13.9 Å². The molecule has 0 aliphatic rings. The van der Waals surface area contributed by atoms with E-state index in [1.54, 1.807) is 13.8 Å². The van der Waals surface area contributed by atoms with Gasteiger partial charge in [-0.3, -0.25) is 0 Å². The summed E-state index contributed by atoms with van der Waals surface area (Å²) in [5.41, 5.74) is 1.09. The Labute approximate surface area is 80.3 Å². The van der Waals surface area contributed by atoms with E-state index >= 15 is 0 Å². The smallest absolute Gasteiger partial charge is 0.388 e. The highest BCUT2D eigenvalue weighted by Gasteiger charge is 2.10. The van der Waals surface area contributed by atoms with Gasteiger partial charge in [0.15, 0.2) is 0 Å². The zero-order chi connectivity index (χ0) is 10.7. The van der Waals surface area contributed by atoms with Crippen LogP contribution in [0.2, 0.25) is 0 Å². The topological polar surface area (TPSA) is 42.4 Å². The van der Waals surface area contributed by atoms with Crippen LogP contribution >= 0.6 is 0 Å². The van der Waals surface area contributed by atoms with Crippen LogP contribution in [0.1, 0.15) is 24.3 Å². The second kappa shape index (κ2) is 4.32. The Bertz CT molecular complexity index is 316. The molecule has 0 fully saturated rings. The number of nitrogens with zero attached hydrogens (tertiary/aromatic N) is 1. The van der Waals surface area contributed by atoms with Crippen molar-refractivity contribution < 1.29 is 18.6 Å². The fourth-order valence-electron chi connectivity index (χ4n) is 1.15. The number of rotatable bonds is 3. The fraction of sp³-hybridized carbons (Fsp3) is 0.444. The average molecular weight is 203 g/mol. The normalized spacial score (nSPS) is 13.0. The highest BCUT2D eigenvalue weighted by atomic mass is 19.3. The lowest BCUT2D eigenvalue weighted by molar-refractivity contribution is -0.0529. The van der Waals surface area contributed by atoms with Crippen LogP contribution < -0.4 is 4.74 Å². The minimum absolute atomic E-state index is 0.137. The molecule has 0 aromatic carbocycles. The van der Waals surface area contributed by atoms with E-state index in [0.29, 0.717) is 11.3 Å². The van der Waals surface area contributed by atoms with Gasteiger partial charge in [0.1, 0.15) is 0 Å². The van der Waals surface area contributed by atoms with E-state index < -0.39 is 12.7 Å². The summed E-state index contributed by atoms with van der Waals surface area (Å²) in [5, 5.41) is 9.25. The monoisotopic (exact) mass is 203 g/mol. The number of aliphatic hydroxyl groups is 1. The minimum atomic E-state index is -2.88. The number of aryl methyl sites for hydroxylation is 1. The molecule has 0 amide bonds. The van der Waals surface area contributed by atoms with Crippen molar-refractivity contribution in [2.24, 2.45) is 0 Å². The minimum Gasteiger partial charge on any atom is -0.417 e. The maximum atomic E-state index is 11.8. The van der Waals surface area contributed by atoms with Gasteiger partial charge in [0.25, 0.3) is 0 Å². The summed E-state index contributed by atoms with van der Waals surface area (Å²) < 4.78 is 27.7. The van der Waals surface area contributed by atoms with E-state index in [1.165, 1.54) is 12.1 Å². The molecule has 0 saturated heterocycles. The molecule has 1 heterocycles. The molecular formula is C9H11F2NO2. The summed E-state index contributed by atoms with van der Waals surface area (Å²) in [6, 6.07) is 2.83. The first-order valence-electron chi connectivity index (χ1n) is 4.11. The van der Waals surface area contributed by atoms with Crippen LogP contribution in [0.25, 0.3) is 0 Å². The molecule has 1 rings (SSSR count).